The average molecular weight is 167 g/mol. The van der Waals surface area contributed by atoms with E-state index in [-0.39, 0.29) is 5.41 Å². The molecule has 0 aromatic carbocycles. The third-order valence-electron chi connectivity index (χ3n) is 1.94. The van der Waals surface area contributed by atoms with E-state index in [4.69, 9.17) is 0 Å². The van der Waals surface area contributed by atoms with Crippen molar-refractivity contribution in [3.8, 4) is 0 Å². The lowest BCUT2D eigenvalue weighted by atomic mass is 9.91. The van der Waals surface area contributed by atoms with Crippen LogP contribution < -0.4 is 0 Å². The van der Waals surface area contributed by atoms with Gasteiger partial charge in [-0.15, -0.1) is 6.58 Å². The van der Waals surface area contributed by atoms with Gasteiger partial charge in [0.05, 0.1) is 0 Å². The number of hydrogen-bond acceptors (Lipinski definition) is 1. The Kier molecular flexibility index (Phi) is 4.87. The molecule has 0 saturated carbocycles. The van der Waals surface area contributed by atoms with Gasteiger partial charge >= 0.3 is 0 Å². The molecule has 0 aromatic rings. The number of hydrogen-bond donors (Lipinski definition) is 0. The molecule has 0 aromatic heterocycles. The minimum Gasteiger partial charge on any atom is -0.294 e. The van der Waals surface area contributed by atoms with Crippen molar-refractivity contribution in [2.24, 2.45) is 10.4 Å². The zero-order valence-corrected chi connectivity index (χ0v) is 8.80. The summed E-state index contributed by atoms with van der Waals surface area (Å²) >= 11 is 0. The van der Waals surface area contributed by atoms with Crippen molar-refractivity contribution < 1.29 is 0 Å². The van der Waals surface area contributed by atoms with Gasteiger partial charge in [-0.1, -0.05) is 26.8 Å². The van der Waals surface area contributed by atoms with Crippen LogP contribution >= 0.6 is 0 Å². The second-order valence-corrected chi connectivity index (χ2v) is 4.02. The lowest BCUT2D eigenvalue weighted by Gasteiger charge is -2.17. The van der Waals surface area contributed by atoms with Gasteiger partial charge in [-0.25, -0.2) is 0 Å². The van der Waals surface area contributed by atoms with E-state index in [0.29, 0.717) is 6.04 Å². The van der Waals surface area contributed by atoms with Crippen molar-refractivity contribution >= 4 is 6.21 Å². The Morgan fingerprint density at radius 2 is 2.08 bits per heavy atom. The van der Waals surface area contributed by atoms with Crippen LogP contribution in [0.5, 0.6) is 0 Å². The van der Waals surface area contributed by atoms with Crippen LogP contribution in [0.15, 0.2) is 17.6 Å². The molecule has 0 bridgehead atoms. The summed E-state index contributed by atoms with van der Waals surface area (Å²) < 4.78 is 0. The van der Waals surface area contributed by atoms with E-state index in [2.05, 4.69) is 45.5 Å². The predicted molar refractivity (Wildman–Crippen MR) is 56.8 cm³/mol. The summed E-state index contributed by atoms with van der Waals surface area (Å²) in [6, 6.07) is 0.453. The molecule has 0 rings (SSSR count). The zero-order chi connectivity index (χ0) is 9.61. The van der Waals surface area contributed by atoms with E-state index in [1.165, 1.54) is 0 Å². The number of aliphatic imine (C=N–C) groups is 1. The Morgan fingerprint density at radius 1 is 1.50 bits per heavy atom. The SMILES string of the molecule is C=CCC(C)(C)C=NC(C)CC. The fourth-order valence-corrected chi connectivity index (χ4v) is 0.859. The van der Waals surface area contributed by atoms with E-state index in [1.807, 2.05) is 6.08 Å². The van der Waals surface area contributed by atoms with E-state index in [1.54, 1.807) is 0 Å². The molecule has 0 radical (unpaired) electrons. The highest BCUT2D eigenvalue weighted by Gasteiger charge is 2.12. The van der Waals surface area contributed by atoms with Gasteiger partial charge < -0.3 is 0 Å². The number of rotatable bonds is 5. The van der Waals surface area contributed by atoms with Gasteiger partial charge in [0.25, 0.3) is 0 Å². The first-order valence-corrected chi connectivity index (χ1v) is 4.67. The van der Waals surface area contributed by atoms with Crippen LogP contribution in [-0.2, 0) is 0 Å². The smallest absolute Gasteiger partial charge is 0.0465 e. The molecule has 0 aliphatic carbocycles. The molecule has 1 atom stereocenters. The summed E-state index contributed by atoms with van der Waals surface area (Å²) in [5.41, 5.74) is 0.172. The molecule has 0 aliphatic rings. The van der Waals surface area contributed by atoms with Crippen LogP contribution in [0.2, 0.25) is 0 Å². The van der Waals surface area contributed by atoms with Gasteiger partial charge in [0.2, 0.25) is 0 Å². The van der Waals surface area contributed by atoms with Crippen LogP contribution in [0.1, 0.15) is 40.5 Å². The van der Waals surface area contributed by atoms with Gasteiger partial charge in [-0.2, -0.15) is 0 Å². The molecule has 0 amide bonds. The third-order valence-corrected chi connectivity index (χ3v) is 1.94. The average Bonchev–Trinajstić information content (AvgIpc) is 2.00. The maximum atomic E-state index is 4.46. The first-order valence-electron chi connectivity index (χ1n) is 4.67. The first-order chi connectivity index (χ1) is 5.52. The van der Waals surface area contributed by atoms with Crippen LogP contribution in [0.25, 0.3) is 0 Å². The minimum absolute atomic E-state index is 0.172. The Hall–Kier alpha value is -0.590. The molecule has 0 spiro atoms. The summed E-state index contributed by atoms with van der Waals surface area (Å²) in [5, 5.41) is 0. The highest BCUT2D eigenvalue weighted by atomic mass is 14.8. The fraction of sp³-hybridized carbons (Fsp3) is 0.727. The van der Waals surface area contributed by atoms with Crippen LogP contribution in [-0.4, -0.2) is 12.3 Å². The second kappa shape index (κ2) is 5.13. The molecule has 0 saturated heterocycles. The van der Waals surface area contributed by atoms with Crippen LogP contribution in [0, 0.1) is 5.41 Å². The van der Waals surface area contributed by atoms with Crippen molar-refractivity contribution in [3.63, 3.8) is 0 Å². The maximum Gasteiger partial charge on any atom is 0.0465 e. The Morgan fingerprint density at radius 3 is 2.50 bits per heavy atom. The van der Waals surface area contributed by atoms with Gasteiger partial charge in [0.1, 0.15) is 0 Å². The van der Waals surface area contributed by atoms with E-state index >= 15 is 0 Å². The molecule has 0 heterocycles. The fourth-order valence-electron chi connectivity index (χ4n) is 0.859. The number of nitrogens with zero attached hydrogens (tertiary/aromatic N) is 1. The molecular weight excluding hydrogens is 146 g/mol. The summed E-state index contributed by atoms with van der Waals surface area (Å²) in [4.78, 5) is 4.46. The monoisotopic (exact) mass is 167 g/mol. The molecule has 0 N–H and O–H groups in total. The predicted octanol–water partition coefficient (Wildman–Crippen LogP) is 3.46. The Balaban J connectivity index is 4.02. The van der Waals surface area contributed by atoms with E-state index < -0.39 is 0 Å². The van der Waals surface area contributed by atoms with Gasteiger partial charge in [0.15, 0.2) is 0 Å². The van der Waals surface area contributed by atoms with Gasteiger partial charge in [-0.3, -0.25) is 4.99 Å². The third kappa shape index (κ3) is 5.11. The van der Waals surface area contributed by atoms with Crippen molar-refractivity contribution in [2.75, 3.05) is 0 Å². The lowest BCUT2D eigenvalue weighted by molar-refractivity contribution is 0.539. The van der Waals surface area contributed by atoms with Gasteiger partial charge in [-0.05, 0) is 19.8 Å². The van der Waals surface area contributed by atoms with Crippen LogP contribution in [0.3, 0.4) is 0 Å². The lowest BCUT2D eigenvalue weighted by Crippen LogP contribution is -2.13. The standard InChI is InChI=1S/C11H21N/c1-6-8-11(4,5)9-12-10(3)7-2/h6,9-10H,1,7-8H2,2-5H3. The summed E-state index contributed by atoms with van der Waals surface area (Å²) in [7, 11) is 0. The molecule has 0 fully saturated rings. The van der Waals surface area contributed by atoms with E-state index in [9.17, 15) is 0 Å². The van der Waals surface area contributed by atoms with E-state index in [0.717, 1.165) is 12.8 Å². The summed E-state index contributed by atoms with van der Waals surface area (Å²) in [6.45, 7) is 12.4. The second-order valence-electron chi connectivity index (χ2n) is 4.02. The quantitative estimate of drug-likeness (QED) is 0.439. The molecule has 1 nitrogen and oxygen atoms in total. The topological polar surface area (TPSA) is 12.4 Å². The molecule has 1 heteroatoms. The Bertz CT molecular complexity index is 156. The summed E-state index contributed by atoms with van der Waals surface area (Å²) in [5.74, 6) is 0. The molecule has 0 aliphatic heterocycles. The highest BCUT2D eigenvalue weighted by molar-refractivity contribution is 5.65. The summed E-state index contributed by atoms with van der Waals surface area (Å²) in [6.07, 6.45) is 6.11. The largest absolute Gasteiger partial charge is 0.294 e. The number of allylic oxidation sites excluding steroid dienone is 1. The molecule has 12 heavy (non-hydrogen) atoms. The molecule has 1 unspecified atom stereocenters. The molecular formula is C11H21N. The normalized spacial score (nSPS) is 15.0. The van der Waals surface area contributed by atoms with Crippen molar-refractivity contribution in [3.05, 3.63) is 12.7 Å². The highest BCUT2D eigenvalue weighted by Crippen LogP contribution is 2.17. The van der Waals surface area contributed by atoms with Crippen molar-refractivity contribution in [1.82, 2.24) is 0 Å². The maximum absolute atomic E-state index is 4.46. The Labute approximate surface area is 76.6 Å². The first kappa shape index (κ1) is 11.4. The van der Waals surface area contributed by atoms with Gasteiger partial charge in [0, 0.05) is 17.7 Å². The minimum atomic E-state index is 0.172. The molecule has 70 valence electrons. The van der Waals surface area contributed by atoms with Crippen LogP contribution in [0.4, 0.5) is 0 Å². The van der Waals surface area contributed by atoms with Crippen molar-refractivity contribution in [2.45, 2.75) is 46.6 Å². The van der Waals surface area contributed by atoms with Crippen molar-refractivity contribution in [1.29, 1.82) is 0 Å². The zero-order valence-electron chi connectivity index (χ0n) is 8.80.